The van der Waals surface area contributed by atoms with Crippen molar-refractivity contribution in [3.8, 4) is 5.75 Å². The molecular formula is C26H31N7O3S. The number of thiophene rings is 1. The summed E-state index contributed by atoms with van der Waals surface area (Å²) >= 11 is 1.31. The molecule has 0 amide bonds. The number of anilines is 5. The van der Waals surface area contributed by atoms with E-state index in [0.717, 1.165) is 48.3 Å². The number of fused-ring (bicyclic) bond motifs is 1. The Kier molecular flexibility index (Phi) is 7.15. The normalized spacial score (nSPS) is 14.2. The first-order valence-corrected chi connectivity index (χ1v) is 13.0. The van der Waals surface area contributed by atoms with E-state index < -0.39 is 5.97 Å². The van der Waals surface area contributed by atoms with Crippen molar-refractivity contribution in [2.75, 3.05) is 56.9 Å². The third-order valence-corrected chi connectivity index (χ3v) is 7.58. The van der Waals surface area contributed by atoms with Gasteiger partial charge >= 0.3 is 5.97 Å². The Labute approximate surface area is 219 Å². The highest BCUT2D eigenvalue weighted by Crippen LogP contribution is 2.34. The zero-order valence-electron chi connectivity index (χ0n) is 21.4. The molecule has 1 aliphatic rings. The Morgan fingerprint density at radius 3 is 2.65 bits per heavy atom. The second-order valence-electron chi connectivity index (χ2n) is 9.11. The van der Waals surface area contributed by atoms with E-state index in [1.165, 1.54) is 18.4 Å². The average Bonchev–Trinajstić information content (AvgIpc) is 3.58. The number of rotatable bonds is 8. The highest BCUT2D eigenvalue weighted by atomic mass is 32.1. The van der Waals surface area contributed by atoms with Crippen LogP contribution in [0, 0.1) is 0 Å². The molecule has 0 bridgehead atoms. The molecule has 1 aromatic carbocycles. The summed E-state index contributed by atoms with van der Waals surface area (Å²) in [5.74, 6) is 1.26. The first-order valence-electron chi connectivity index (χ1n) is 12.1. The lowest BCUT2D eigenvalue weighted by Crippen LogP contribution is -2.41. The Balaban J connectivity index is 1.39. The number of hydrogen-bond donors (Lipinski definition) is 3. The molecule has 1 saturated heterocycles. The molecule has 10 nitrogen and oxygen atoms in total. The lowest BCUT2D eigenvalue weighted by atomic mass is 10.0. The van der Waals surface area contributed by atoms with Crippen molar-refractivity contribution < 1.29 is 14.3 Å². The fourth-order valence-corrected chi connectivity index (χ4v) is 5.38. The minimum absolute atomic E-state index is 0.400. The molecule has 3 aromatic heterocycles. The van der Waals surface area contributed by atoms with Crippen LogP contribution in [0.1, 0.15) is 22.5 Å². The summed E-state index contributed by atoms with van der Waals surface area (Å²) in [6, 6.07) is 10.5. The topological polar surface area (TPSA) is 108 Å². The number of aromatic amines is 1. The number of nitrogens with one attached hydrogen (secondary N) is 3. The van der Waals surface area contributed by atoms with Crippen molar-refractivity contribution in [1.82, 2.24) is 19.9 Å². The quantitative estimate of drug-likeness (QED) is 0.281. The Morgan fingerprint density at radius 2 is 1.92 bits per heavy atom. The van der Waals surface area contributed by atoms with Gasteiger partial charge in [-0.15, -0.1) is 11.3 Å². The monoisotopic (exact) mass is 521 g/mol. The van der Waals surface area contributed by atoms with E-state index in [9.17, 15) is 4.79 Å². The van der Waals surface area contributed by atoms with E-state index in [2.05, 4.69) is 56.6 Å². The number of aromatic nitrogens is 3. The number of carbonyl (C=O) groups is 1. The van der Waals surface area contributed by atoms with Crippen molar-refractivity contribution in [3.63, 3.8) is 0 Å². The van der Waals surface area contributed by atoms with Crippen LogP contribution in [-0.2, 0) is 4.74 Å². The van der Waals surface area contributed by atoms with E-state index >= 15 is 0 Å². The standard InChI is InChI=1S/C26H31N7O3S/c1-32(2)16-8-12-33(13-9-16)17-5-6-18(21(15-17)35-3)29-26-30-19-7-11-27-22(19)24(31-26)28-20-10-14-37-23(20)25(34)36-4/h5-7,10-11,14-16,27H,8-9,12-13H2,1-4H3,(H2,28,29,30,31). The van der Waals surface area contributed by atoms with Gasteiger partial charge in [-0.25, -0.2) is 9.78 Å². The van der Waals surface area contributed by atoms with Gasteiger partial charge in [0.25, 0.3) is 0 Å². The fourth-order valence-electron chi connectivity index (χ4n) is 4.62. The predicted octanol–water partition coefficient (Wildman–Crippen LogP) is 4.83. The number of ether oxygens (including phenoxy) is 2. The van der Waals surface area contributed by atoms with Crippen LogP contribution < -0.4 is 20.3 Å². The minimum Gasteiger partial charge on any atom is -0.494 e. The first-order chi connectivity index (χ1) is 18.0. The third-order valence-electron chi connectivity index (χ3n) is 6.69. The number of benzene rings is 1. The zero-order chi connectivity index (χ0) is 25.9. The van der Waals surface area contributed by atoms with Gasteiger partial charge in [-0.2, -0.15) is 4.98 Å². The number of methoxy groups -OCH3 is 2. The van der Waals surface area contributed by atoms with Crippen LogP contribution in [-0.4, -0.2) is 73.3 Å². The van der Waals surface area contributed by atoms with E-state index in [0.29, 0.717) is 34.1 Å². The summed E-state index contributed by atoms with van der Waals surface area (Å²) in [4.78, 5) is 29.8. The van der Waals surface area contributed by atoms with Gasteiger partial charge in [0, 0.05) is 37.1 Å². The number of H-pyrrole nitrogens is 1. The second kappa shape index (κ2) is 10.7. The third kappa shape index (κ3) is 5.18. The van der Waals surface area contributed by atoms with Gasteiger partial charge in [0.05, 0.1) is 31.1 Å². The summed E-state index contributed by atoms with van der Waals surface area (Å²) < 4.78 is 10.6. The van der Waals surface area contributed by atoms with Crippen molar-refractivity contribution in [3.05, 3.63) is 46.8 Å². The van der Waals surface area contributed by atoms with Gasteiger partial charge in [-0.3, -0.25) is 0 Å². The van der Waals surface area contributed by atoms with Crippen LogP contribution in [0.15, 0.2) is 41.9 Å². The summed E-state index contributed by atoms with van der Waals surface area (Å²) in [5, 5.41) is 8.40. The number of esters is 1. The molecule has 194 valence electrons. The molecule has 5 rings (SSSR count). The van der Waals surface area contributed by atoms with Gasteiger partial charge < -0.3 is 34.9 Å². The second-order valence-corrected chi connectivity index (χ2v) is 10.0. The maximum Gasteiger partial charge on any atom is 0.350 e. The largest absolute Gasteiger partial charge is 0.494 e. The van der Waals surface area contributed by atoms with Gasteiger partial charge in [0.15, 0.2) is 5.82 Å². The molecule has 1 fully saturated rings. The number of carbonyl (C=O) groups excluding carboxylic acids is 1. The molecule has 4 heterocycles. The first kappa shape index (κ1) is 24.8. The maximum absolute atomic E-state index is 12.1. The van der Waals surface area contributed by atoms with Crippen LogP contribution >= 0.6 is 11.3 Å². The van der Waals surface area contributed by atoms with Crippen molar-refractivity contribution in [1.29, 1.82) is 0 Å². The molecule has 0 aliphatic carbocycles. The number of nitrogens with zero attached hydrogens (tertiary/aromatic N) is 4. The van der Waals surface area contributed by atoms with Crippen LogP contribution in [0.25, 0.3) is 11.0 Å². The highest BCUT2D eigenvalue weighted by molar-refractivity contribution is 7.12. The lowest BCUT2D eigenvalue weighted by Gasteiger charge is -2.36. The van der Waals surface area contributed by atoms with Crippen molar-refractivity contribution in [2.45, 2.75) is 18.9 Å². The summed E-state index contributed by atoms with van der Waals surface area (Å²) in [7, 11) is 7.33. The smallest absolute Gasteiger partial charge is 0.350 e. The molecular weight excluding hydrogens is 490 g/mol. The van der Waals surface area contributed by atoms with E-state index in [-0.39, 0.29) is 0 Å². The molecule has 4 aromatic rings. The molecule has 0 saturated carbocycles. The Bertz CT molecular complexity index is 1390. The van der Waals surface area contributed by atoms with Crippen molar-refractivity contribution in [2.24, 2.45) is 0 Å². The lowest BCUT2D eigenvalue weighted by molar-refractivity contribution is 0.0607. The zero-order valence-corrected chi connectivity index (χ0v) is 22.2. The van der Waals surface area contributed by atoms with E-state index in [1.54, 1.807) is 13.3 Å². The van der Waals surface area contributed by atoms with Crippen LogP contribution in [0.5, 0.6) is 5.75 Å². The molecule has 0 unspecified atom stereocenters. The van der Waals surface area contributed by atoms with Gasteiger partial charge in [-0.05, 0) is 56.6 Å². The van der Waals surface area contributed by atoms with Gasteiger partial charge in [-0.1, -0.05) is 0 Å². The molecule has 3 N–H and O–H groups in total. The summed E-state index contributed by atoms with van der Waals surface area (Å²) in [6.45, 7) is 2.02. The number of piperidine rings is 1. The van der Waals surface area contributed by atoms with Crippen molar-refractivity contribution >= 4 is 57.2 Å². The predicted molar refractivity (Wildman–Crippen MR) is 148 cm³/mol. The fraction of sp³-hybridized carbons (Fsp3) is 0.346. The molecule has 1 aliphatic heterocycles. The molecule has 0 atom stereocenters. The summed E-state index contributed by atoms with van der Waals surface area (Å²) in [6.07, 6.45) is 4.08. The van der Waals surface area contributed by atoms with Crippen LogP contribution in [0.3, 0.4) is 0 Å². The van der Waals surface area contributed by atoms with Crippen LogP contribution in [0.2, 0.25) is 0 Å². The van der Waals surface area contributed by atoms with Gasteiger partial charge in [0.2, 0.25) is 5.95 Å². The Hall–Kier alpha value is -3.83. The van der Waals surface area contributed by atoms with Gasteiger partial charge in [0.1, 0.15) is 16.1 Å². The summed E-state index contributed by atoms with van der Waals surface area (Å²) in [5.41, 5.74) is 3.99. The SMILES string of the molecule is COC(=O)c1sccc1Nc1nc(Nc2ccc(N3CCC(N(C)C)CC3)cc2OC)nc2cc[nH]c12. The Morgan fingerprint density at radius 1 is 1.11 bits per heavy atom. The molecule has 11 heteroatoms. The van der Waals surface area contributed by atoms with E-state index in [4.69, 9.17) is 14.5 Å². The highest BCUT2D eigenvalue weighted by Gasteiger charge is 2.22. The minimum atomic E-state index is -0.400. The van der Waals surface area contributed by atoms with Crippen LogP contribution in [0.4, 0.5) is 28.8 Å². The number of hydrogen-bond acceptors (Lipinski definition) is 10. The maximum atomic E-state index is 12.1. The average molecular weight is 522 g/mol. The molecule has 0 radical (unpaired) electrons. The van der Waals surface area contributed by atoms with E-state index in [1.807, 2.05) is 23.6 Å². The molecule has 0 spiro atoms. The molecule has 37 heavy (non-hydrogen) atoms.